The van der Waals surface area contributed by atoms with E-state index in [1.807, 2.05) is 34.1 Å². The molecule has 0 atom stereocenters. The van der Waals surface area contributed by atoms with E-state index in [4.69, 9.17) is 0 Å². The number of para-hydroxylation sites is 3. The first-order chi connectivity index (χ1) is 14.1. The monoisotopic (exact) mass is 399 g/mol. The van der Waals surface area contributed by atoms with Crippen LogP contribution in [0.5, 0.6) is 5.75 Å². The fourth-order valence-electron chi connectivity index (χ4n) is 4.20. The lowest BCUT2D eigenvalue weighted by Gasteiger charge is -2.38. The average molecular weight is 399 g/mol. The average Bonchev–Trinajstić information content (AvgIpc) is 2.75. The Hall–Kier alpha value is -2.80. The van der Waals surface area contributed by atoms with Crippen LogP contribution >= 0.6 is 0 Å². The second-order valence-electron chi connectivity index (χ2n) is 7.72. The van der Waals surface area contributed by atoms with Crippen molar-refractivity contribution in [3.05, 3.63) is 54.3 Å². The van der Waals surface area contributed by atoms with Gasteiger partial charge in [0.05, 0.1) is 37.6 Å². The lowest BCUT2D eigenvalue weighted by Crippen LogP contribution is -3.16. The summed E-state index contributed by atoms with van der Waals surface area (Å²) in [6.07, 6.45) is 0. The van der Waals surface area contributed by atoms with Gasteiger partial charge >= 0.3 is 0 Å². The van der Waals surface area contributed by atoms with Crippen LogP contribution in [0, 0.1) is 5.82 Å². The Morgan fingerprint density at radius 1 is 0.862 bits per heavy atom. The first kappa shape index (κ1) is 19.5. The molecule has 2 aliphatic heterocycles. The van der Waals surface area contributed by atoms with E-state index in [-0.39, 0.29) is 11.7 Å². The van der Waals surface area contributed by atoms with Gasteiger partial charge in [0.1, 0.15) is 11.6 Å². The number of quaternary nitrogens is 1. The summed E-state index contributed by atoms with van der Waals surface area (Å²) in [7, 11) is 0. The highest BCUT2D eigenvalue weighted by Gasteiger charge is 2.28. The molecule has 2 aromatic carbocycles. The summed E-state index contributed by atoms with van der Waals surface area (Å²) < 4.78 is 14.0. The molecule has 154 valence electrons. The highest BCUT2D eigenvalue weighted by atomic mass is 19.1. The van der Waals surface area contributed by atoms with Gasteiger partial charge in [-0.25, -0.2) is 4.39 Å². The smallest absolute Gasteiger partial charge is 0.277 e. The molecule has 2 fully saturated rings. The van der Waals surface area contributed by atoms with Gasteiger partial charge in [0.15, 0.2) is 6.54 Å². The Morgan fingerprint density at radius 2 is 1.45 bits per heavy atom. The molecular weight excluding hydrogens is 371 g/mol. The summed E-state index contributed by atoms with van der Waals surface area (Å²) in [5, 5.41) is 10.0. The number of phenolic OH excluding ortho intramolecular Hbond substituents is 1. The molecule has 0 bridgehead atoms. The van der Waals surface area contributed by atoms with Crippen LogP contribution in [0.3, 0.4) is 0 Å². The molecule has 7 heteroatoms. The lowest BCUT2D eigenvalue weighted by atomic mass is 10.2. The number of carbonyl (C=O) groups excluding carboxylic acids is 1. The molecule has 2 N–H and O–H groups in total. The molecule has 2 saturated heterocycles. The minimum atomic E-state index is -0.209. The zero-order valence-corrected chi connectivity index (χ0v) is 16.6. The van der Waals surface area contributed by atoms with Crippen molar-refractivity contribution in [2.45, 2.75) is 0 Å². The zero-order valence-electron chi connectivity index (χ0n) is 16.6. The largest absolute Gasteiger partial charge is 0.506 e. The summed E-state index contributed by atoms with van der Waals surface area (Å²) in [6.45, 7) is 6.45. The Bertz CT molecular complexity index is 846. The summed E-state index contributed by atoms with van der Waals surface area (Å²) in [4.78, 5) is 20.1. The van der Waals surface area contributed by atoms with Crippen molar-refractivity contribution < 1.29 is 19.2 Å². The fourth-order valence-corrected chi connectivity index (χ4v) is 4.20. The van der Waals surface area contributed by atoms with Crippen LogP contribution in [0.25, 0.3) is 0 Å². The number of anilines is 2. The minimum Gasteiger partial charge on any atom is -0.506 e. The SMILES string of the molecule is O=C(C[NH+]1CCN(c2ccccc2O)CC1)N1CCN(c2ccccc2F)CC1. The fraction of sp³-hybridized carbons (Fsp3) is 0.409. The van der Waals surface area contributed by atoms with E-state index < -0.39 is 0 Å². The molecule has 0 unspecified atom stereocenters. The second-order valence-corrected chi connectivity index (χ2v) is 7.72. The number of rotatable bonds is 4. The van der Waals surface area contributed by atoms with Gasteiger partial charge in [0.2, 0.25) is 0 Å². The third-order valence-electron chi connectivity index (χ3n) is 5.92. The molecule has 1 amide bonds. The van der Waals surface area contributed by atoms with Crippen molar-refractivity contribution in [3.8, 4) is 5.75 Å². The number of phenols is 1. The van der Waals surface area contributed by atoms with E-state index in [9.17, 15) is 14.3 Å². The van der Waals surface area contributed by atoms with Gasteiger partial charge in [-0.3, -0.25) is 4.79 Å². The van der Waals surface area contributed by atoms with Crippen LogP contribution in [-0.4, -0.2) is 74.8 Å². The molecule has 2 heterocycles. The predicted octanol–water partition coefficient (Wildman–Crippen LogP) is 0.585. The first-order valence-corrected chi connectivity index (χ1v) is 10.3. The molecule has 0 radical (unpaired) electrons. The molecule has 2 aliphatic rings. The molecule has 4 rings (SSSR count). The molecule has 2 aromatic rings. The number of aromatic hydroxyl groups is 1. The van der Waals surface area contributed by atoms with Crippen molar-refractivity contribution in [3.63, 3.8) is 0 Å². The third-order valence-corrected chi connectivity index (χ3v) is 5.92. The van der Waals surface area contributed by atoms with E-state index >= 15 is 0 Å². The van der Waals surface area contributed by atoms with Crippen molar-refractivity contribution in [2.75, 3.05) is 68.7 Å². The van der Waals surface area contributed by atoms with Crippen molar-refractivity contribution in [1.82, 2.24) is 4.90 Å². The Labute approximate surface area is 170 Å². The maximum atomic E-state index is 14.0. The van der Waals surface area contributed by atoms with Gasteiger partial charge in [-0.1, -0.05) is 24.3 Å². The van der Waals surface area contributed by atoms with Gasteiger partial charge in [0, 0.05) is 26.2 Å². The number of hydrogen-bond donors (Lipinski definition) is 2. The molecule has 0 aromatic heterocycles. The van der Waals surface area contributed by atoms with Gasteiger partial charge in [-0.15, -0.1) is 0 Å². The second kappa shape index (κ2) is 8.69. The molecule has 0 saturated carbocycles. The topological polar surface area (TPSA) is 51.5 Å². The summed E-state index contributed by atoms with van der Waals surface area (Å²) in [6, 6.07) is 14.2. The number of benzene rings is 2. The van der Waals surface area contributed by atoms with E-state index in [0.29, 0.717) is 44.2 Å². The van der Waals surface area contributed by atoms with Crippen LogP contribution in [-0.2, 0) is 4.79 Å². The van der Waals surface area contributed by atoms with Crippen LogP contribution < -0.4 is 14.7 Å². The Morgan fingerprint density at radius 3 is 2.10 bits per heavy atom. The van der Waals surface area contributed by atoms with Gasteiger partial charge in [-0.2, -0.15) is 0 Å². The van der Waals surface area contributed by atoms with Crippen molar-refractivity contribution in [1.29, 1.82) is 0 Å². The molecular formula is C22H28FN4O2+. The number of hydrogen-bond acceptors (Lipinski definition) is 4. The zero-order chi connectivity index (χ0) is 20.2. The molecule has 6 nitrogen and oxygen atoms in total. The minimum absolute atomic E-state index is 0.171. The maximum absolute atomic E-state index is 14.0. The highest BCUT2D eigenvalue weighted by Crippen LogP contribution is 2.26. The normalized spacial score (nSPS) is 18.2. The van der Waals surface area contributed by atoms with Crippen LogP contribution in [0.1, 0.15) is 0 Å². The number of amides is 1. The lowest BCUT2D eigenvalue weighted by molar-refractivity contribution is -0.892. The number of nitrogens with one attached hydrogen (secondary N) is 1. The predicted molar refractivity (Wildman–Crippen MR) is 111 cm³/mol. The Kier molecular flexibility index (Phi) is 5.85. The molecule has 29 heavy (non-hydrogen) atoms. The number of halogens is 1. The molecule has 0 aliphatic carbocycles. The standard InChI is InChI=1S/C22H27FN4O2/c23-18-5-1-2-6-19(18)25-13-15-27(16-14-25)22(29)17-24-9-11-26(12-10-24)20-7-3-4-8-21(20)28/h1-8,28H,9-17H2/p+1. The van der Waals surface area contributed by atoms with Gasteiger partial charge < -0.3 is 24.7 Å². The number of carbonyl (C=O) groups is 1. The number of piperazine rings is 2. The van der Waals surface area contributed by atoms with Crippen LogP contribution in [0.2, 0.25) is 0 Å². The van der Waals surface area contributed by atoms with Crippen molar-refractivity contribution >= 4 is 17.3 Å². The quantitative estimate of drug-likeness (QED) is 0.790. The van der Waals surface area contributed by atoms with E-state index in [1.165, 1.54) is 11.0 Å². The highest BCUT2D eigenvalue weighted by molar-refractivity contribution is 5.77. The summed E-state index contributed by atoms with van der Waals surface area (Å²) >= 11 is 0. The van der Waals surface area contributed by atoms with E-state index in [0.717, 1.165) is 31.9 Å². The first-order valence-electron chi connectivity index (χ1n) is 10.3. The van der Waals surface area contributed by atoms with Gasteiger partial charge in [0.25, 0.3) is 5.91 Å². The summed E-state index contributed by atoms with van der Waals surface area (Å²) in [5.41, 5.74) is 1.48. The third kappa shape index (κ3) is 4.45. The van der Waals surface area contributed by atoms with E-state index in [2.05, 4.69) is 4.90 Å². The van der Waals surface area contributed by atoms with Crippen LogP contribution in [0.4, 0.5) is 15.8 Å². The summed E-state index contributed by atoms with van der Waals surface area (Å²) in [5.74, 6) is 0.267. The van der Waals surface area contributed by atoms with E-state index in [1.54, 1.807) is 18.2 Å². The molecule has 0 spiro atoms. The maximum Gasteiger partial charge on any atom is 0.277 e. The Balaban J connectivity index is 1.25. The van der Waals surface area contributed by atoms with Gasteiger partial charge in [-0.05, 0) is 24.3 Å². The number of nitrogens with zero attached hydrogens (tertiary/aromatic N) is 3. The van der Waals surface area contributed by atoms with Crippen LogP contribution in [0.15, 0.2) is 48.5 Å². The van der Waals surface area contributed by atoms with Crippen molar-refractivity contribution in [2.24, 2.45) is 0 Å².